The van der Waals surface area contributed by atoms with Gasteiger partial charge in [0.25, 0.3) is 5.91 Å². The van der Waals surface area contributed by atoms with Gasteiger partial charge in [-0.25, -0.2) is 8.78 Å². The minimum Gasteiger partial charge on any atom is -0.341 e. The van der Waals surface area contributed by atoms with Crippen molar-refractivity contribution in [2.45, 2.75) is 6.04 Å². The van der Waals surface area contributed by atoms with Crippen LogP contribution in [0.1, 0.15) is 27.5 Å². The van der Waals surface area contributed by atoms with Gasteiger partial charge in [-0.05, 0) is 41.5 Å². The highest BCUT2D eigenvalue weighted by atomic mass is 19.2. The number of pyridine rings is 2. The van der Waals surface area contributed by atoms with Crippen LogP contribution in [-0.2, 0) is 0 Å². The molecule has 0 aliphatic heterocycles. The summed E-state index contributed by atoms with van der Waals surface area (Å²) < 4.78 is 26.8. The zero-order valence-electron chi connectivity index (χ0n) is 12.5. The number of nitrogens with one attached hydrogen (secondary N) is 1. The minimum absolute atomic E-state index is 0.351. The second kappa shape index (κ2) is 6.95. The third-order valence-corrected chi connectivity index (χ3v) is 3.51. The molecule has 24 heavy (non-hydrogen) atoms. The molecule has 3 rings (SSSR count). The van der Waals surface area contributed by atoms with E-state index in [9.17, 15) is 13.6 Å². The molecule has 1 aromatic carbocycles. The van der Waals surface area contributed by atoms with Crippen molar-refractivity contribution < 1.29 is 13.6 Å². The van der Waals surface area contributed by atoms with Crippen LogP contribution in [0, 0.1) is 11.6 Å². The summed E-state index contributed by atoms with van der Waals surface area (Å²) in [6.45, 7) is 0. The molecule has 0 aliphatic carbocycles. The maximum atomic E-state index is 13.6. The van der Waals surface area contributed by atoms with Crippen LogP contribution < -0.4 is 5.32 Å². The van der Waals surface area contributed by atoms with Gasteiger partial charge in [0.05, 0.1) is 6.04 Å². The van der Waals surface area contributed by atoms with Crippen LogP contribution in [0.2, 0.25) is 0 Å². The molecule has 0 spiro atoms. The van der Waals surface area contributed by atoms with Crippen molar-refractivity contribution in [2.24, 2.45) is 0 Å². The molecular weight excluding hydrogens is 312 g/mol. The van der Waals surface area contributed by atoms with Gasteiger partial charge < -0.3 is 5.32 Å². The molecule has 0 saturated heterocycles. The summed E-state index contributed by atoms with van der Waals surface area (Å²) >= 11 is 0. The quantitative estimate of drug-likeness (QED) is 0.801. The van der Waals surface area contributed by atoms with E-state index in [0.29, 0.717) is 16.7 Å². The van der Waals surface area contributed by atoms with Gasteiger partial charge in [-0.15, -0.1) is 0 Å². The van der Waals surface area contributed by atoms with E-state index in [-0.39, 0.29) is 5.91 Å². The Balaban J connectivity index is 1.96. The molecule has 4 nitrogen and oxygen atoms in total. The Labute approximate surface area is 137 Å². The smallest absolute Gasteiger partial charge is 0.252 e. The molecule has 1 atom stereocenters. The van der Waals surface area contributed by atoms with Crippen molar-refractivity contribution in [3.05, 3.63) is 95.6 Å². The fraction of sp³-hybridized carbons (Fsp3) is 0.0556. The van der Waals surface area contributed by atoms with Crippen molar-refractivity contribution in [3.8, 4) is 0 Å². The number of carbonyl (C=O) groups excluding carboxylic acids is 1. The van der Waals surface area contributed by atoms with Gasteiger partial charge in [-0.2, -0.15) is 0 Å². The first kappa shape index (κ1) is 15.7. The largest absolute Gasteiger partial charge is 0.341 e. The highest BCUT2D eigenvalue weighted by Crippen LogP contribution is 2.23. The first-order valence-corrected chi connectivity index (χ1v) is 7.21. The van der Waals surface area contributed by atoms with E-state index in [1.165, 1.54) is 18.5 Å². The van der Waals surface area contributed by atoms with Crippen molar-refractivity contribution in [1.29, 1.82) is 0 Å². The van der Waals surface area contributed by atoms with Crippen LogP contribution in [0.3, 0.4) is 0 Å². The molecule has 1 amide bonds. The van der Waals surface area contributed by atoms with Crippen molar-refractivity contribution in [2.75, 3.05) is 0 Å². The summed E-state index contributed by atoms with van der Waals surface area (Å²) in [5, 5.41) is 2.82. The summed E-state index contributed by atoms with van der Waals surface area (Å²) in [7, 11) is 0. The Morgan fingerprint density at radius 1 is 0.917 bits per heavy atom. The molecule has 0 fully saturated rings. The summed E-state index contributed by atoms with van der Waals surface area (Å²) in [6.07, 6.45) is 6.17. The molecule has 0 radical (unpaired) electrons. The number of aromatic nitrogens is 2. The fourth-order valence-corrected chi connectivity index (χ4v) is 2.32. The van der Waals surface area contributed by atoms with Crippen LogP contribution in [0.15, 0.2) is 67.3 Å². The van der Waals surface area contributed by atoms with Gasteiger partial charge in [-0.1, -0.05) is 12.1 Å². The highest BCUT2D eigenvalue weighted by molar-refractivity contribution is 5.94. The maximum absolute atomic E-state index is 13.6. The third-order valence-electron chi connectivity index (χ3n) is 3.51. The SMILES string of the molecule is O=C(N[C@H](c1cccnc1)c1ccc(F)c(F)c1)c1ccncc1. The topological polar surface area (TPSA) is 54.9 Å². The summed E-state index contributed by atoms with van der Waals surface area (Å²) in [4.78, 5) is 20.3. The Morgan fingerprint density at radius 2 is 1.71 bits per heavy atom. The van der Waals surface area contributed by atoms with Crippen LogP contribution in [-0.4, -0.2) is 15.9 Å². The van der Waals surface area contributed by atoms with Crippen LogP contribution in [0.4, 0.5) is 8.78 Å². The number of rotatable bonds is 4. The number of amides is 1. The van der Waals surface area contributed by atoms with Gasteiger partial charge >= 0.3 is 0 Å². The van der Waals surface area contributed by atoms with Crippen molar-refractivity contribution >= 4 is 5.91 Å². The molecule has 0 aliphatic rings. The van der Waals surface area contributed by atoms with Gasteiger partial charge in [0, 0.05) is 30.4 Å². The van der Waals surface area contributed by atoms with Gasteiger partial charge in [0.15, 0.2) is 11.6 Å². The molecule has 0 unspecified atom stereocenters. The van der Waals surface area contributed by atoms with E-state index in [1.807, 2.05) is 0 Å². The fourth-order valence-electron chi connectivity index (χ4n) is 2.32. The van der Waals surface area contributed by atoms with E-state index in [2.05, 4.69) is 15.3 Å². The second-order valence-electron chi connectivity index (χ2n) is 5.10. The Bertz CT molecular complexity index is 841. The van der Waals surface area contributed by atoms with Crippen LogP contribution >= 0.6 is 0 Å². The molecule has 0 bridgehead atoms. The van der Waals surface area contributed by atoms with Gasteiger partial charge in [0.1, 0.15) is 0 Å². The molecule has 2 aromatic heterocycles. The van der Waals surface area contributed by atoms with Gasteiger partial charge in [-0.3, -0.25) is 14.8 Å². The Morgan fingerprint density at radius 3 is 2.38 bits per heavy atom. The Kier molecular flexibility index (Phi) is 4.56. The first-order valence-electron chi connectivity index (χ1n) is 7.21. The van der Waals surface area contributed by atoms with E-state index in [0.717, 1.165) is 12.1 Å². The lowest BCUT2D eigenvalue weighted by molar-refractivity contribution is 0.0942. The zero-order valence-corrected chi connectivity index (χ0v) is 12.5. The molecule has 120 valence electrons. The third kappa shape index (κ3) is 3.43. The molecule has 2 heterocycles. The summed E-state index contributed by atoms with van der Waals surface area (Å²) in [5.74, 6) is -2.26. The average molecular weight is 325 g/mol. The molecule has 0 saturated carbocycles. The predicted molar refractivity (Wildman–Crippen MR) is 84.1 cm³/mol. The average Bonchev–Trinajstić information content (AvgIpc) is 2.63. The van der Waals surface area contributed by atoms with E-state index in [1.54, 1.807) is 36.7 Å². The number of carbonyl (C=O) groups is 1. The van der Waals surface area contributed by atoms with Crippen molar-refractivity contribution in [3.63, 3.8) is 0 Å². The molecule has 1 N–H and O–H groups in total. The molecule has 6 heteroatoms. The number of hydrogen-bond acceptors (Lipinski definition) is 3. The first-order chi connectivity index (χ1) is 11.6. The number of benzene rings is 1. The maximum Gasteiger partial charge on any atom is 0.252 e. The van der Waals surface area contributed by atoms with Crippen LogP contribution in [0.5, 0.6) is 0 Å². The minimum atomic E-state index is -0.973. The highest BCUT2D eigenvalue weighted by Gasteiger charge is 2.19. The lowest BCUT2D eigenvalue weighted by Gasteiger charge is -2.19. The second-order valence-corrected chi connectivity index (χ2v) is 5.10. The van der Waals surface area contributed by atoms with E-state index < -0.39 is 17.7 Å². The normalized spacial score (nSPS) is 11.8. The lowest BCUT2D eigenvalue weighted by Crippen LogP contribution is -2.29. The number of halogens is 2. The van der Waals surface area contributed by atoms with Gasteiger partial charge in [0.2, 0.25) is 0 Å². The predicted octanol–water partition coefficient (Wildman–Crippen LogP) is 3.27. The number of nitrogens with zero attached hydrogens (tertiary/aromatic N) is 2. The van der Waals surface area contributed by atoms with Crippen LogP contribution in [0.25, 0.3) is 0 Å². The zero-order chi connectivity index (χ0) is 16.9. The molecule has 3 aromatic rings. The van der Waals surface area contributed by atoms with Crippen molar-refractivity contribution in [1.82, 2.24) is 15.3 Å². The standard InChI is InChI=1S/C18H13F2N3O/c19-15-4-3-13(10-16(15)20)17(14-2-1-7-22-11-14)23-18(24)12-5-8-21-9-6-12/h1-11,17H,(H,23,24)/t17-/m0/s1. The molecular formula is C18H13F2N3O. The Hall–Kier alpha value is -3.15. The van der Waals surface area contributed by atoms with E-state index in [4.69, 9.17) is 0 Å². The lowest BCUT2D eigenvalue weighted by atomic mass is 9.99. The summed E-state index contributed by atoms with van der Waals surface area (Å²) in [5.41, 5.74) is 1.50. The van der Waals surface area contributed by atoms with E-state index >= 15 is 0 Å². The summed E-state index contributed by atoms with van der Waals surface area (Å²) in [6, 6.07) is 9.48. The number of hydrogen-bond donors (Lipinski definition) is 1. The monoisotopic (exact) mass is 325 g/mol.